The number of nitrogens with zero attached hydrogens (tertiary/aromatic N) is 5. The molecule has 94 valence electrons. The quantitative estimate of drug-likeness (QED) is 0.900. The van der Waals surface area contributed by atoms with Gasteiger partial charge in [-0.1, -0.05) is 6.07 Å². The van der Waals surface area contributed by atoms with Crippen LogP contribution in [0, 0.1) is 0 Å². The van der Waals surface area contributed by atoms with E-state index >= 15 is 0 Å². The monoisotopic (exact) mass is 262 g/mol. The fourth-order valence-corrected chi connectivity index (χ4v) is 2.40. The van der Waals surface area contributed by atoms with E-state index in [4.69, 9.17) is 5.73 Å². The molecule has 1 fully saturated rings. The lowest BCUT2D eigenvalue weighted by Gasteiger charge is -2.05. The summed E-state index contributed by atoms with van der Waals surface area (Å²) >= 11 is 1.48. The van der Waals surface area contributed by atoms with Gasteiger partial charge in [-0.2, -0.15) is 0 Å². The van der Waals surface area contributed by atoms with E-state index in [1.54, 1.807) is 6.20 Å². The van der Waals surface area contributed by atoms with Crippen molar-refractivity contribution in [2.75, 3.05) is 0 Å². The molecule has 0 unspecified atom stereocenters. The van der Waals surface area contributed by atoms with Gasteiger partial charge in [0.05, 0.1) is 6.04 Å². The largest absolute Gasteiger partial charge is 0.324 e. The number of aromatic nitrogens is 5. The lowest BCUT2D eigenvalue weighted by molar-refractivity contribution is 0.565. The third-order valence-corrected chi connectivity index (χ3v) is 3.74. The number of pyridine rings is 1. The van der Waals surface area contributed by atoms with Crippen LogP contribution < -0.4 is 5.73 Å². The highest BCUT2D eigenvalue weighted by Crippen LogP contribution is 2.37. The second kappa shape index (κ2) is 4.66. The molecule has 6 nitrogen and oxygen atoms in total. The maximum absolute atomic E-state index is 5.79. The molecule has 0 amide bonds. The van der Waals surface area contributed by atoms with Gasteiger partial charge in [0, 0.05) is 12.2 Å². The zero-order valence-electron chi connectivity index (χ0n) is 10.0. The van der Waals surface area contributed by atoms with Crippen LogP contribution in [-0.4, -0.2) is 25.2 Å². The smallest absolute Gasteiger partial charge is 0.215 e. The first kappa shape index (κ1) is 11.6. The molecule has 0 saturated heterocycles. The van der Waals surface area contributed by atoms with Crippen LogP contribution >= 0.6 is 11.8 Å². The number of hydrogen-bond acceptors (Lipinski definition) is 6. The molecule has 2 aromatic rings. The van der Waals surface area contributed by atoms with Gasteiger partial charge in [0.2, 0.25) is 5.16 Å². The Hall–Kier alpha value is -1.47. The lowest BCUT2D eigenvalue weighted by atomic mass is 10.2. The zero-order chi connectivity index (χ0) is 12.5. The number of rotatable bonds is 4. The summed E-state index contributed by atoms with van der Waals surface area (Å²) in [5.74, 6) is 0. The van der Waals surface area contributed by atoms with E-state index in [1.807, 2.05) is 23.7 Å². The van der Waals surface area contributed by atoms with Crippen LogP contribution in [0.25, 0.3) is 0 Å². The summed E-state index contributed by atoms with van der Waals surface area (Å²) in [6.45, 7) is 1.94. The van der Waals surface area contributed by atoms with E-state index in [1.165, 1.54) is 11.8 Å². The first-order valence-corrected chi connectivity index (χ1v) is 6.73. The molecule has 2 aromatic heterocycles. The van der Waals surface area contributed by atoms with Crippen LogP contribution in [0.3, 0.4) is 0 Å². The van der Waals surface area contributed by atoms with Gasteiger partial charge in [0.1, 0.15) is 5.03 Å². The molecule has 1 aliphatic rings. The van der Waals surface area contributed by atoms with Crippen molar-refractivity contribution < 1.29 is 0 Å². The highest BCUT2D eigenvalue weighted by atomic mass is 32.2. The predicted molar refractivity (Wildman–Crippen MR) is 67.1 cm³/mol. The average Bonchev–Trinajstić information content (AvgIpc) is 3.11. The van der Waals surface area contributed by atoms with Crippen molar-refractivity contribution in [2.45, 2.75) is 42.0 Å². The Kier molecular flexibility index (Phi) is 3.00. The summed E-state index contributed by atoms with van der Waals surface area (Å²) < 4.78 is 1.88. The minimum Gasteiger partial charge on any atom is -0.324 e. The van der Waals surface area contributed by atoms with Crippen molar-refractivity contribution in [1.29, 1.82) is 0 Å². The zero-order valence-corrected chi connectivity index (χ0v) is 10.8. The van der Waals surface area contributed by atoms with Crippen molar-refractivity contribution in [3.05, 3.63) is 23.9 Å². The highest BCUT2D eigenvalue weighted by Gasteiger charge is 2.28. The summed E-state index contributed by atoms with van der Waals surface area (Å²) in [5, 5.41) is 13.4. The predicted octanol–water partition coefficient (Wildman–Crippen LogP) is 1.57. The Morgan fingerprint density at radius 2 is 2.28 bits per heavy atom. The van der Waals surface area contributed by atoms with E-state index in [0.29, 0.717) is 6.04 Å². The van der Waals surface area contributed by atoms with Crippen LogP contribution in [0.5, 0.6) is 0 Å². The molecule has 0 bridgehead atoms. The minimum atomic E-state index is 0.00772. The van der Waals surface area contributed by atoms with E-state index in [0.717, 1.165) is 28.6 Å². The standard InChI is InChI=1S/C11H14N6S/c1-7(12)8-2-5-10(13-6-8)18-11-14-15-16-17(11)9-3-4-9/h2,5-7,9H,3-4,12H2,1H3/t7-/m0/s1. The SMILES string of the molecule is C[C@H](N)c1ccc(Sc2nnnn2C2CC2)nc1. The van der Waals surface area contributed by atoms with Gasteiger partial charge >= 0.3 is 0 Å². The third-order valence-electron chi connectivity index (χ3n) is 2.84. The van der Waals surface area contributed by atoms with Crippen LogP contribution in [0.15, 0.2) is 28.5 Å². The Morgan fingerprint density at radius 3 is 2.89 bits per heavy atom. The molecule has 7 heteroatoms. The van der Waals surface area contributed by atoms with E-state index in [2.05, 4.69) is 20.5 Å². The third kappa shape index (κ3) is 2.37. The van der Waals surface area contributed by atoms with Crippen LogP contribution in [0.2, 0.25) is 0 Å². The first-order chi connectivity index (χ1) is 8.74. The van der Waals surface area contributed by atoms with Crippen molar-refractivity contribution in [3.63, 3.8) is 0 Å². The molecule has 1 saturated carbocycles. The fourth-order valence-electron chi connectivity index (χ4n) is 1.62. The maximum atomic E-state index is 5.79. The molecule has 1 aliphatic carbocycles. The molecule has 2 heterocycles. The van der Waals surface area contributed by atoms with E-state index in [9.17, 15) is 0 Å². The summed E-state index contributed by atoms with van der Waals surface area (Å²) in [6, 6.07) is 4.43. The van der Waals surface area contributed by atoms with E-state index in [-0.39, 0.29) is 6.04 Å². The second-order valence-corrected chi connectivity index (χ2v) is 5.45. The maximum Gasteiger partial charge on any atom is 0.215 e. The number of hydrogen-bond donors (Lipinski definition) is 1. The molecule has 3 rings (SSSR count). The molecular weight excluding hydrogens is 248 g/mol. The van der Waals surface area contributed by atoms with Gasteiger partial charge in [-0.3, -0.25) is 0 Å². The average molecular weight is 262 g/mol. The highest BCUT2D eigenvalue weighted by molar-refractivity contribution is 7.99. The van der Waals surface area contributed by atoms with Gasteiger partial charge in [0.25, 0.3) is 0 Å². The van der Waals surface area contributed by atoms with Crippen LogP contribution in [0.4, 0.5) is 0 Å². The summed E-state index contributed by atoms with van der Waals surface area (Å²) in [7, 11) is 0. The van der Waals surface area contributed by atoms with E-state index < -0.39 is 0 Å². The Labute approximate surface area is 109 Å². The Bertz CT molecular complexity index is 531. The normalized spacial score (nSPS) is 16.8. The summed E-state index contributed by atoms with van der Waals surface area (Å²) in [6.07, 6.45) is 4.13. The first-order valence-electron chi connectivity index (χ1n) is 5.91. The summed E-state index contributed by atoms with van der Waals surface area (Å²) in [4.78, 5) is 4.37. The van der Waals surface area contributed by atoms with Crippen molar-refractivity contribution in [1.82, 2.24) is 25.2 Å². The number of tetrazole rings is 1. The molecule has 0 aliphatic heterocycles. The molecule has 1 atom stereocenters. The Morgan fingerprint density at radius 1 is 1.44 bits per heavy atom. The fraction of sp³-hybridized carbons (Fsp3) is 0.455. The van der Waals surface area contributed by atoms with Gasteiger partial charge in [-0.15, -0.1) is 5.10 Å². The minimum absolute atomic E-state index is 0.00772. The van der Waals surface area contributed by atoms with Gasteiger partial charge in [0.15, 0.2) is 0 Å². The van der Waals surface area contributed by atoms with Crippen molar-refractivity contribution >= 4 is 11.8 Å². The molecule has 0 spiro atoms. The van der Waals surface area contributed by atoms with Gasteiger partial charge in [-0.25, -0.2) is 9.67 Å². The van der Waals surface area contributed by atoms with Crippen LogP contribution in [0.1, 0.15) is 37.4 Å². The molecule has 0 aromatic carbocycles. The van der Waals surface area contributed by atoms with Crippen molar-refractivity contribution in [3.8, 4) is 0 Å². The second-order valence-electron chi connectivity index (χ2n) is 4.46. The van der Waals surface area contributed by atoms with Crippen LogP contribution in [-0.2, 0) is 0 Å². The topological polar surface area (TPSA) is 82.5 Å². The Balaban J connectivity index is 1.77. The van der Waals surface area contributed by atoms with Crippen molar-refractivity contribution in [2.24, 2.45) is 5.73 Å². The molecular formula is C11H14N6S. The number of nitrogens with two attached hydrogens (primary N) is 1. The molecule has 2 N–H and O–H groups in total. The molecule has 0 radical (unpaired) electrons. The molecule has 18 heavy (non-hydrogen) atoms. The van der Waals surface area contributed by atoms with Gasteiger partial charge < -0.3 is 5.73 Å². The van der Waals surface area contributed by atoms with Gasteiger partial charge in [-0.05, 0) is 53.6 Å². The summed E-state index contributed by atoms with van der Waals surface area (Å²) in [5.41, 5.74) is 6.82. The lowest BCUT2D eigenvalue weighted by Crippen LogP contribution is -2.05.